The molecule has 0 aromatic carbocycles. The van der Waals surface area contributed by atoms with Gasteiger partial charge >= 0.3 is 0 Å². The van der Waals surface area contributed by atoms with Gasteiger partial charge in [-0.2, -0.15) is 0 Å². The van der Waals surface area contributed by atoms with Crippen LogP contribution in [0.25, 0.3) is 0 Å². The molecule has 1 saturated heterocycles. The summed E-state index contributed by atoms with van der Waals surface area (Å²) in [4.78, 5) is 0. The molecule has 26 heavy (non-hydrogen) atoms. The lowest BCUT2D eigenvalue weighted by Gasteiger charge is -2.43. The van der Waals surface area contributed by atoms with Crippen molar-refractivity contribution in [2.24, 2.45) is 17.8 Å². The van der Waals surface area contributed by atoms with Crippen molar-refractivity contribution in [3.05, 3.63) is 47.6 Å². The van der Waals surface area contributed by atoms with E-state index < -0.39 is 18.7 Å². The Morgan fingerprint density at radius 1 is 1.31 bits per heavy atom. The maximum atomic E-state index is 10.3. The fraction of sp³-hybridized carbons (Fsp3) is 0.636. The summed E-state index contributed by atoms with van der Waals surface area (Å²) in [7, 11) is 3.32. The van der Waals surface area contributed by atoms with Gasteiger partial charge in [0.1, 0.15) is 0 Å². The molecule has 0 amide bonds. The van der Waals surface area contributed by atoms with Crippen molar-refractivity contribution >= 4 is 0 Å². The van der Waals surface area contributed by atoms with Crippen molar-refractivity contribution in [2.75, 3.05) is 14.2 Å². The van der Waals surface area contributed by atoms with Crippen LogP contribution in [0.3, 0.4) is 0 Å². The Balaban J connectivity index is 2.43. The van der Waals surface area contributed by atoms with Crippen molar-refractivity contribution in [3.63, 3.8) is 0 Å². The topological polar surface area (TPSA) is 47.9 Å². The molecule has 146 valence electrons. The van der Waals surface area contributed by atoms with Crippen LogP contribution in [0.15, 0.2) is 47.6 Å². The zero-order chi connectivity index (χ0) is 19.3. The highest BCUT2D eigenvalue weighted by molar-refractivity contribution is 5.26. The van der Waals surface area contributed by atoms with E-state index in [1.165, 1.54) is 5.57 Å². The van der Waals surface area contributed by atoms with E-state index in [4.69, 9.17) is 14.2 Å². The lowest BCUT2D eigenvalue weighted by Crippen LogP contribution is -2.45. The quantitative estimate of drug-likeness (QED) is 0.754. The van der Waals surface area contributed by atoms with E-state index in [9.17, 15) is 5.11 Å². The molecule has 2 rings (SSSR count). The van der Waals surface area contributed by atoms with E-state index in [2.05, 4.69) is 45.6 Å². The molecular weight excluding hydrogens is 328 g/mol. The number of hydrogen-bond acceptors (Lipinski definition) is 4. The minimum atomic E-state index is -0.507. The summed E-state index contributed by atoms with van der Waals surface area (Å²) in [6, 6.07) is 0. The second-order valence-electron chi connectivity index (χ2n) is 7.72. The molecule has 4 heteroatoms. The van der Waals surface area contributed by atoms with Crippen LogP contribution in [0, 0.1) is 17.8 Å². The van der Waals surface area contributed by atoms with Crippen molar-refractivity contribution in [2.45, 2.75) is 58.7 Å². The molecule has 0 spiro atoms. The molecule has 2 aliphatic rings. The fourth-order valence-electron chi connectivity index (χ4n) is 3.92. The van der Waals surface area contributed by atoms with Crippen molar-refractivity contribution < 1.29 is 19.3 Å². The van der Waals surface area contributed by atoms with Crippen LogP contribution in [-0.4, -0.2) is 38.0 Å². The van der Waals surface area contributed by atoms with E-state index in [-0.39, 0.29) is 11.8 Å². The van der Waals surface area contributed by atoms with Crippen LogP contribution in [0.1, 0.15) is 40.0 Å². The third kappa shape index (κ3) is 5.17. The Bertz CT molecular complexity index is 573. The second-order valence-corrected chi connectivity index (χ2v) is 7.72. The SMILES string of the molecule is C=C1C[C@@H](O)C=C(C)CC[C@@H]2/C(=C\C=C\C(C)C)[C@@H](OC)O[C@H](OC)[C@@H]12. The lowest BCUT2D eigenvalue weighted by atomic mass is 9.75. The summed E-state index contributed by atoms with van der Waals surface area (Å²) in [5.41, 5.74) is 3.29. The molecule has 1 N–H and O–H groups in total. The summed E-state index contributed by atoms with van der Waals surface area (Å²) in [6.07, 6.45) is 9.35. The van der Waals surface area contributed by atoms with Crippen LogP contribution in [0.2, 0.25) is 0 Å². The van der Waals surface area contributed by atoms with Gasteiger partial charge in [0.05, 0.1) is 6.10 Å². The third-order valence-corrected chi connectivity index (χ3v) is 5.19. The van der Waals surface area contributed by atoms with Gasteiger partial charge in [-0.1, -0.05) is 55.9 Å². The summed E-state index contributed by atoms with van der Waals surface area (Å²) < 4.78 is 17.4. The molecule has 0 aromatic rings. The predicted octanol–water partition coefficient (Wildman–Crippen LogP) is 4.38. The number of allylic oxidation sites excluding steroid dienone is 4. The predicted molar refractivity (Wildman–Crippen MR) is 104 cm³/mol. The zero-order valence-corrected chi connectivity index (χ0v) is 16.8. The van der Waals surface area contributed by atoms with Crippen LogP contribution in [0.4, 0.5) is 0 Å². The zero-order valence-electron chi connectivity index (χ0n) is 16.8. The van der Waals surface area contributed by atoms with E-state index in [0.29, 0.717) is 12.3 Å². The molecule has 5 atom stereocenters. The summed E-state index contributed by atoms with van der Waals surface area (Å²) in [6.45, 7) is 10.7. The van der Waals surface area contributed by atoms with Crippen LogP contribution < -0.4 is 0 Å². The maximum absolute atomic E-state index is 10.3. The van der Waals surface area contributed by atoms with Crippen LogP contribution in [0.5, 0.6) is 0 Å². The maximum Gasteiger partial charge on any atom is 0.183 e. The Morgan fingerprint density at radius 2 is 2.04 bits per heavy atom. The molecule has 1 heterocycles. The molecule has 0 aromatic heterocycles. The molecule has 0 unspecified atom stereocenters. The molecule has 0 bridgehead atoms. The van der Waals surface area contributed by atoms with E-state index in [1.54, 1.807) is 14.2 Å². The lowest BCUT2D eigenvalue weighted by molar-refractivity contribution is -0.256. The van der Waals surface area contributed by atoms with Gasteiger partial charge in [-0.15, -0.1) is 0 Å². The molecule has 4 nitrogen and oxygen atoms in total. The Labute approximate surface area is 158 Å². The van der Waals surface area contributed by atoms with Gasteiger partial charge in [-0.25, -0.2) is 0 Å². The van der Waals surface area contributed by atoms with Gasteiger partial charge in [0, 0.05) is 20.1 Å². The number of hydrogen-bond donors (Lipinski definition) is 1. The first-order valence-electron chi connectivity index (χ1n) is 9.49. The third-order valence-electron chi connectivity index (χ3n) is 5.19. The molecule has 1 aliphatic heterocycles. The number of rotatable bonds is 4. The number of aliphatic hydroxyl groups excluding tert-OH is 1. The number of aliphatic hydroxyl groups is 1. The molecule has 0 radical (unpaired) electrons. The Kier molecular flexibility index (Phi) is 7.84. The first-order chi connectivity index (χ1) is 12.4. The van der Waals surface area contributed by atoms with Crippen LogP contribution >= 0.6 is 0 Å². The van der Waals surface area contributed by atoms with Gasteiger partial charge < -0.3 is 19.3 Å². The van der Waals surface area contributed by atoms with Crippen molar-refractivity contribution in [3.8, 4) is 0 Å². The van der Waals surface area contributed by atoms with Crippen LogP contribution in [-0.2, 0) is 14.2 Å². The summed E-state index contributed by atoms with van der Waals surface area (Å²) >= 11 is 0. The highest BCUT2D eigenvalue weighted by Gasteiger charge is 2.43. The normalized spacial score (nSPS) is 35.2. The van der Waals surface area contributed by atoms with Gasteiger partial charge in [0.25, 0.3) is 0 Å². The highest BCUT2D eigenvalue weighted by atomic mass is 16.8. The molecule has 1 aliphatic carbocycles. The van der Waals surface area contributed by atoms with Gasteiger partial charge in [-0.3, -0.25) is 0 Å². The minimum absolute atomic E-state index is 0.000880. The van der Waals surface area contributed by atoms with Gasteiger partial charge in [0.2, 0.25) is 0 Å². The van der Waals surface area contributed by atoms with Crippen molar-refractivity contribution in [1.82, 2.24) is 0 Å². The minimum Gasteiger partial charge on any atom is -0.389 e. The summed E-state index contributed by atoms with van der Waals surface area (Å²) in [5, 5.41) is 10.3. The number of methoxy groups -OCH3 is 2. The number of fused-ring (bicyclic) bond motifs is 1. The average Bonchev–Trinajstić information content (AvgIpc) is 2.63. The highest BCUT2D eigenvalue weighted by Crippen LogP contribution is 2.44. The largest absolute Gasteiger partial charge is 0.389 e. The molecule has 1 fully saturated rings. The second kappa shape index (κ2) is 9.65. The number of ether oxygens (including phenoxy) is 3. The molecular formula is C22H34O4. The van der Waals surface area contributed by atoms with E-state index in [0.717, 1.165) is 24.0 Å². The average molecular weight is 363 g/mol. The van der Waals surface area contributed by atoms with Gasteiger partial charge in [-0.05, 0) is 43.6 Å². The van der Waals surface area contributed by atoms with Gasteiger partial charge in [0.15, 0.2) is 12.6 Å². The van der Waals surface area contributed by atoms with Crippen molar-refractivity contribution in [1.29, 1.82) is 0 Å². The Hall–Kier alpha value is -1.20. The Morgan fingerprint density at radius 3 is 2.65 bits per heavy atom. The first-order valence-corrected chi connectivity index (χ1v) is 9.49. The monoisotopic (exact) mass is 362 g/mol. The smallest absolute Gasteiger partial charge is 0.183 e. The first kappa shape index (κ1) is 21.1. The molecule has 0 saturated carbocycles. The standard InChI is InChI=1S/C22H34O4/c1-14(2)8-7-9-19-18-11-10-15(3)12-17(23)13-16(4)20(18)22(25-6)26-21(19)24-5/h7-9,12,14,17-18,20-23H,4,10-11,13H2,1-3,5-6H3/b8-7+,15-12?,19-9+/t17-,18+,20-,21-,22-/m0/s1. The fourth-order valence-corrected chi connectivity index (χ4v) is 3.92. The summed E-state index contributed by atoms with van der Waals surface area (Å²) in [5.74, 6) is 0.686. The van der Waals surface area contributed by atoms with E-state index >= 15 is 0 Å². The van der Waals surface area contributed by atoms with E-state index in [1.807, 2.05) is 6.08 Å².